The summed E-state index contributed by atoms with van der Waals surface area (Å²) in [6, 6.07) is 63.1. The summed E-state index contributed by atoms with van der Waals surface area (Å²) < 4.78 is 25.2. The van der Waals surface area contributed by atoms with Crippen molar-refractivity contribution in [2.75, 3.05) is 79.0 Å². The molecule has 1 aliphatic rings. The molecule has 10 heteroatoms. The fraction of sp³-hybridized carbons (Fsp3) is 0.257. The van der Waals surface area contributed by atoms with Gasteiger partial charge < -0.3 is 39.4 Å². The maximum absolute atomic E-state index is 10.8. The number of aliphatic hydroxyl groups excluding tert-OH is 4. The molecule has 80 heavy (non-hydrogen) atoms. The summed E-state index contributed by atoms with van der Waals surface area (Å²) in [6.07, 6.45) is 0. The van der Waals surface area contributed by atoms with E-state index in [1.807, 2.05) is 72.8 Å². The van der Waals surface area contributed by atoms with Crippen LogP contribution in [0.1, 0.15) is 33.4 Å². The van der Waals surface area contributed by atoms with Gasteiger partial charge >= 0.3 is 0 Å². The molecule has 4 N–H and O–H groups in total. The number of hydrogen-bond donors (Lipinski definition) is 4. The molecule has 1 aliphatic heterocycles. The molecule has 0 saturated carbocycles. The molecule has 1 saturated heterocycles. The first kappa shape index (κ1) is 54.8. The van der Waals surface area contributed by atoms with E-state index in [1.165, 1.54) is 0 Å². The van der Waals surface area contributed by atoms with E-state index in [9.17, 15) is 20.4 Å². The summed E-state index contributed by atoms with van der Waals surface area (Å²) in [5.41, 5.74) is 13.6. The van der Waals surface area contributed by atoms with Crippen molar-refractivity contribution in [3.05, 3.63) is 215 Å². The molecule has 0 aliphatic carbocycles. The van der Waals surface area contributed by atoms with Crippen LogP contribution in [0.4, 0.5) is 0 Å². The van der Waals surface area contributed by atoms with Gasteiger partial charge in [0.05, 0.1) is 79.3 Å². The topological polar surface area (TPSA) is 124 Å². The molecule has 10 aromatic carbocycles. The van der Waals surface area contributed by atoms with Crippen LogP contribution < -0.4 is 0 Å². The lowest BCUT2D eigenvalue weighted by molar-refractivity contribution is 0.00624. The van der Waals surface area contributed by atoms with Crippen LogP contribution >= 0.6 is 0 Å². The van der Waals surface area contributed by atoms with Crippen molar-refractivity contribution in [2.45, 2.75) is 39.5 Å². The second kappa shape index (κ2) is 26.4. The minimum Gasteiger partial charge on any atom is -0.392 e. The highest BCUT2D eigenvalue weighted by atomic mass is 16.5. The minimum atomic E-state index is -0.0985. The smallest absolute Gasteiger partial charge is 0.0701 e. The lowest BCUT2D eigenvalue weighted by Crippen LogP contribution is -2.32. The van der Waals surface area contributed by atoms with Crippen LogP contribution in [-0.2, 0) is 58.5 Å². The zero-order chi connectivity index (χ0) is 54.6. The number of aliphatic hydroxyl groups is 4. The molecular weight excluding hydrogens is 997 g/mol. The van der Waals surface area contributed by atoms with Gasteiger partial charge in [-0.1, -0.05) is 146 Å². The molecular formula is C70H70N2O8. The van der Waals surface area contributed by atoms with Gasteiger partial charge in [0.25, 0.3) is 0 Å². The molecule has 11 rings (SSSR count). The molecule has 408 valence electrons. The normalized spacial score (nSPS) is 15.2. The molecule has 0 amide bonds. The molecule has 0 aromatic heterocycles. The second-order valence-corrected chi connectivity index (χ2v) is 20.8. The summed E-state index contributed by atoms with van der Waals surface area (Å²) in [5.74, 6) is 0. The van der Waals surface area contributed by atoms with Gasteiger partial charge in [-0.2, -0.15) is 0 Å². The van der Waals surface area contributed by atoms with Crippen molar-refractivity contribution >= 4 is 43.1 Å². The van der Waals surface area contributed by atoms with Crippen molar-refractivity contribution in [3.63, 3.8) is 0 Å². The van der Waals surface area contributed by atoms with Crippen LogP contribution in [0.5, 0.6) is 0 Å². The van der Waals surface area contributed by atoms with Crippen molar-refractivity contribution in [3.8, 4) is 44.5 Å². The van der Waals surface area contributed by atoms with Gasteiger partial charge in [0, 0.05) is 39.3 Å². The van der Waals surface area contributed by atoms with Crippen molar-refractivity contribution in [1.29, 1.82) is 0 Å². The Kier molecular flexibility index (Phi) is 18.1. The van der Waals surface area contributed by atoms with Gasteiger partial charge in [0.2, 0.25) is 0 Å². The summed E-state index contributed by atoms with van der Waals surface area (Å²) >= 11 is 0. The van der Waals surface area contributed by atoms with E-state index < -0.39 is 0 Å². The molecule has 0 bridgehead atoms. The maximum atomic E-state index is 10.8. The van der Waals surface area contributed by atoms with Gasteiger partial charge in [-0.3, -0.25) is 9.80 Å². The zero-order valence-electron chi connectivity index (χ0n) is 45.4. The molecule has 0 unspecified atom stereocenters. The van der Waals surface area contributed by atoms with E-state index in [-0.39, 0.29) is 26.4 Å². The Morgan fingerprint density at radius 2 is 0.537 bits per heavy atom. The monoisotopic (exact) mass is 1070 g/mol. The average molecular weight is 1070 g/mol. The number of nitrogens with zero attached hydrogens (tertiary/aromatic N) is 2. The highest BCUT2D eigenvalue weighted by Crippen LogP contribution is 2.41. The first-order valence-corrected chi connectivity index (χ1v) is 28.0. The fourth-order valence-corrected chi connectivity index (χ4v) is 11.8. The largest absolute Gasteiger partial charge is 0.392 e. The fourth-order valence-electron chi connectivity index (χ4n) is 11.8. The number of ether oxygens (including phenoxy) is 4. The van der Waals surface area contributed by atoms with Crippen molar-refractivity contribution < 1.29 is 39.4 Å². The SMILES string of the molecule is OCc1ccc2ccccc2c1-c1cc(CN2CCOCCOCCN(Cc3cc(-c4c(CO)ccc5ccccc45)cc(-c4c(CO)ccc5ccccc45)c3)CCOCCOCC2)cc(-c2c(CO)ccc3ccccc23)c1. The van der Waals surface area contributed by atoms with Gasteiger partial charge in [0.1, 0.15) is 0 Å². The van der Waals surface area contributed by atoms with Gasteiger partial charge in [0.15, 0.2) is 0 Å². The standard InChI is InChI=1S/C70H70N2O8/c73-45-55-21-17-51-9-1-5-13-63(51)67(55)59-37-49(38-60(41-59)68-56(46-74)22-18-52-10-2-6-14-64(52)68)43-71-25-29-77-33-35-79-31-27-72(28-32-80-36-34-78-30-26-71)44-50-39-61(69-57(47-75)23-19-53-11-3-7-15-65(53)69)42-62(40-50)70-58(48-76)24-20-54-12-4-8-16-66(54)70/h1-24,37-42,73-76H,25-36,43-48H2. The molecule has 1 fully saturated rings. The van der Waals surface area contributed by atoms with E-state index in [1.54, 1.807) is 0 Å². The third kappa shape index (κ3) is 12.4. The summed E-state index contributed by atoms with van der Waals surface area (Å²) in [5, 5.41) is 51.7. The molecule has 10 nitrogen and oxygen atoms in total. The summed E-state index contributed by atoms with van der Waals surface area (Å²) in [6.45, 7) is 7.31. The lowest BCUT2D eigenvalue weighted by Gasteiger charge is -2.25. The second-order valence-electron chi connectivity index (χ2n) is 20.8. The number of fused-ring (bicyclic) bond motifs is 4. The average Bonchev–Trinajstić information content (AvgIpc) is 3.52. The molecule has 0 radical (unpaired) electrons. The van der Waals surface area contributed by atoms with Crippen molar-refractivity contribution in [1.82, 2.24) is 9.80 Å². The highest BCUT2D eigenvalue weighted by Gasteiger charge is 2.20. The third-order valence-corrected chi connectivity index (χ3v) is 15.6. The van der Waals surface area contributed by atoms with Crippen LogP contribution in [0.25, 0.3) is 87.6 Å². The van der Waals surface area contributed by atoms with E-state index in [0.29, 0.717) is 92.1 Å². The van der Waals surface area contributed by atoms with Crippen LogP contribution in [-0.4, -0.2) is 109 Å². The van der Waals surface area contributed by atoms with Gasteiger partial charge in [-0.15, -0.1) is 0 Å². The van der Waals surface area contributed by atoms with Crippen LogP contribution in [0.3, 0.4) is 0 Å². The predicted molar refractivity (Wildman–Crippen MR) is 322 cm³/mol. The Morgan fingerprint density at radius 3 is 0.787 bits per heavy atom. The first-order chi connectivity index (χ1) is 39.5. The Balaban J connectivity index is 0.822. The first-order valence-electron chi connectivity index (χ1n) is 28.0. The Hall–Kier alpha value is -7.16. The Morgan fingerprint density at radius 1 is 0.287 bits per heavy atom. The van der Waals surface area contributed by atoms with E-state index in [4.69, 9.17) is 18.9 Å². The molecule has 0 atom stereocenters. The number of hydrogen-bond acceptors (Lipinski definition) is 10. The number of benzene rings is 10. The Bertz CT molecular complexity index is 3270. The van der Waals surface area contributed by atoms with Gasteiger partial charge in [-0.25, -0.2) is 0 Å². The zero-order valence-corrected chi connectivity index (χ0v) is 45.4. The van der Waals surface area contributed by atoms with Crippen LogP contribution in [0, 0.1) is 0 Å². The van der Waals surface area contributed by atoms with E-state index in [0.717, 1.165) is 121 Å². The minimum absolute atomic E-state index is 0.0985. The van der Waals surface area contributed by atoms with Crippen LogP contribution in [0.15, 0.2) is 182 Å². The lowest BCUT2D eigenvalue weighted by atomic mass is 9.87. The summed E-state index contributed by atoms with van der Waals surface area (Å²) in [7, 11) is 0. The van der Waals surface area contributed by atoms with Crippen LogP contribution in [0.2, 0.25) is 0 Å². The maximum Gasteiger partial charge on any atom is 0.0701 e. The molecule has 1 heterocycles. The quantitative estimate of drug-likeness (QED) is 0.0940. The van der Waals surface area contributed by atoms with E-state index in [2.05, 4.69) is 119 Å². The highest BCUT2D eigenvalue weighted by molar-refractivity contribution is 6.04. The summed E-state index contributed by atoms with van der Waals surface area (Å²) in [4.78, 5) is 4.74. The number of rotatable bonds is 12. The third-order valence-electron chi connectivity index (χ3n) is 15.6. The predicted octanol–water partition coefficient (Wildman–Crippen LogP) is 12.3. The molecule has 0 spiro atoms. The van der Waals surface area contributed by atoms with E-state index >= 15 is 0 Å². The van der Waals surface area contributed by atoms with Gasteiger partial charge in [-0.05, 0) is 157 Å². The van der Waals surface area contributed by atoms with Crippen molar-refractivity contribution in [2.24, 2.45) is 0 Å². The Labute approximate surface area is 468 Å². The molecule has 10 aromatic rings.